The minimum atomic E-state index is -0.553. The Kier molecular flexibility index (Phi) is 9.80. The van der Waals surface area contributed by atoms with Crippen molar-refractivity contribution in [2.24, 2.45) is 0 Å². The molecule has 3 N–H and O–H groups in total. The average molecular weight is 662 g/mol. The Balaban J connectivity index is 0.000000161. The van der Waals surface area contributed by atoms with E-state index in [4.69, 9.17) is 28.9 Å². The molecule has 0 atom stereocenters. The monoisotopic (exact) mass is 660 g/mol. The second-order valence-electron chi connectivity index (χ2n) is 8.96. The zero-order chi connectivity index (χ0) is 29.7. The van der Waals surface area contributed by atoms with Crippen molar-refractivity contribution >= 4 is 68.0 Å². The molecule has 2 aromatic carbocycles. The lowest BCUT2D eigenvalue weighted by Crippen LogP contribution is -2.15. The summed E-state index contributed by atoms with van der Waals surface area (Å²) in [7, 11) is 0. The second kappa shape index (κ2) is 13.3. The zero-order valence-electron chi connectivity index (χ0n) is 21.2. The SMILES string of the molecule is Nc1ccc(F)c(Cl)c1.O=C1CCc2c(Br)cncc21.O=C1CCc2c1cncc2C(=O)Nc1ccc(F)c(Cl)c1. The van der Waals surface area contributed by atoms with Gasteiger partial charge in [-0.2, -0.15) is 0 Å². The summed E-state index contributed by atoms with van der Waals surface area (Å²) in [5.74, 6) is -1.17. The number of nitrogen functional groups attached to an aromatic ring is 1. The van der Waals surface area contributed by atoms with E-state index >= 15 is 0 Å². The van der Waals surface area contributed by atoms with Gasteiger partial charge in [0.15, 0.2) is 11.6 Å². The molecule has 2 aliphatic carbocycles. The van der Waals surface area contributed by atoms with Crippen LogP contribution >= 0.6 is 39.1 Å². The molecule has 210 valence electrons. The molecule has 0 radical (unpaired) electrons. The van der Waals surface area contributed by atoms with Crippen molar-refractivity contribution in [2.75, 3.05) is 11.1 Å². The Morgan fingerprint density at radius 1 is 0.805 bits per heavy atom. The number of hydrogen-bond acceptors (Lipinski definition) is 6. The number of ketones is 2. The van der Waals surface area contributed by atoms with Crippen LogP contribution in [0.2, 0.25) is 10.0 Å². The number of Topliss-reactive ketones (excluding diaryl/α,β-unsaturated/α-hetero) is 2. The number of pyridine rings is 2. The van der Waals surface area contributed by atoms with E-state index in [1.54, 1.807) is 12.4 Å². The van der Waals surface area contributed by atoms with Crippen LogP contribution in [-0.4, -0.2) is 27.4 Å². The number of nitrogens with one attached hydrogen (secondary N) is 1. The predicted octanol–water partition coefficient (Wildman–Crippen LogP) is 7.29. The van der Waals surface area contributed by atoms with Gasteiger partial charge < -0.3 is 11.1 Å². The van der Waals surface area contributed by atoms with E-state index in [1.165, 1.54) is 48.8 Å². The van der Waals surface area contributed by atoms with Gasteiger partial charge in [-0.25, -0.2) is 8.78 Å². The molecule has 0 fully saturated rings. The smallest absolute Gasteiger partial charge is 0.257 e. The normalized spacial score (nSPS) is 12.9. The van der Waals surface area contributed by atoms with Crippen molar-refractivity contribution in [3.05, 3.63) is 115 Å². The van der Waals surface area contributed by atoms with Crippen LogP contribution in [-0.2, 0) is 12.8 Å². The molecule has 0 saturated carbocycles. The lowest BCUT2D eigenvalue weighted by molar-refractivity contribution is 0.0986. The van der Waals surface area contributed by atoms with E-state index in [0.717, 1.165) is 22.0 Å². The molecular formula is C29H21BrCl2F2N4O3. The molecule has 2 aromatic heterocycles. The first-order valence-electron chi connectivity index (χ1n) is 12.2. The van der Waals surface area contributed by atoms with Crippen molar-refractivity contribution < 1.29 is 23.2 Å². The number of aromatic nitrogens is 2. The van der Waals surface area contributed by atoms with Gasteiger partial charge >= 0.3 is 0 Å². The predicted molar refractivity (Wildman–Crippen MR) is 157 cm³/mol. The van der Waals surface area contributed by atoms with E-state index in [2.05, 4.69) is 31.2 Å². The molecule has 2 heterocycles. The van der Waals surface area contributed by atoms with Gasteiger partial charge in [0.05, 0.1) is 15.6 Å². The number of carbonyl (C=O) groups is 3. The molecule has 41 heavy (non-hydrogen) atoms. The summed E-state index contributed by atoms with van der Waals surface area (Å²) < 4.78 is 26.4. The lowest BCUT2D eigenvalue weighted by Gasteiger charge is -2.09. The fourth-order valence-electron chi connectivity index (χ4n) is 4.18. The van der Waals surface area contributed by atoms with Crippen LogP contribution < -0.4 is 11.1 Å². The molecule has 0 saturated heterocycles. The number of rotatable bonds is 2. The number of anilines is 2. The highest BCUT2D eigenvalue weighted by atomic mass is 79.9. The first-order chi connectivity index (χ1) is 19.5. The number of hydrogen-bond donors (Lipinski definition) is 2. The van der Waals surface area contributed by atoms with Crippen LogP contribution in [0.3, 0.4) is 0 Å². The molecule has 0 bridgehead atoms. The van der Waals surface area contributed by atoms with E-state index in [9.17, 15) is 23.2 Å². The third kappa shape index (κ3) is 7.32. The van der Waals surface area contributed by atoms with Crippen molar-refractivity contribution in [1.29, 1.82) is 0 Å². The molecule has 1 amide bonds. The van der Waals surface area contributed by atoms with Gasteiger partial charge in [-0.3, -0.25) is 24.4 Å². The number of halogens is 5. The van der Waals surface area contributed by atoms with Crippen LogP contribution in [0.25, 0.3) is 0 Å². The van der Waals surface area contributed by atoms with Gasteiger partial charge in [-0.15, -0.1) is 0 Å². The number of nitrogens with zero attached hydrogens (tertiary/aromatic N) is 2. The summed E-state index contributed by atoms with van der Waals surface area (Å²) in [6, 6.07) is 7.99. The fraction of sp³-hybridized carbons (Fsp3) is 0.138. The van der Waals surface area contributed by atoms with Gasteiger partial charge in [0, 0.05) is 64.6 Å². The Morgan fingerprint density at radius 2 is 1.37 bits per heavy atom. The van der Waals surface area contributed by atoms with E-state index in [0.29, 0.717) is 47.3 Å². The van der Waals surface area contributed by atoms with Crippen molar-refractivity contribution in [1.82, 2.24) is 9.97 Å². The highest BCUT2D eigenvalue weighted by molar-refractivity contribution is 9.10. The molecule has 7 nitrogen and oxygen atoms in total. The summed E-state index contributed by atoms with van der Waals surface area (Å²) in [4.78, 5) is 43.0. The van der Waals surface area contributed by atoms with E-state index in [-0.39, 0.29) is 21.6 Å². The van der Waals surface area contributed by atoms with Crippen molar-refractivity contribution in [3.8, 4) is 0 Å². The lowest BCUT2D eigenvalue weighted by atomic mass is 10.1. The Bertz CT molecular complexity index is 1670. The third-order valence-corrected chi connectivity index (χ3v) is 7.50. The quantitative estimate of drug-likeness (QED) is 0.218. The van der Waals surface area contributed by atoms with E-state index in [1.807, 2.05) is 0 Å². The third-order valence-electron chi connectivity index (χ3n) is 6.23. The maximum atomic E-state index is 13.1. The summed E-state index contributed by atoms with van der Waals surface area (Å²) >= 11 is 14.4. The van der Waals surface area contributed by atoms with Gasteiger partial charge in [-0.1, -0.05) is 23.2 Å². The van der Waals surface area contributed by atoms with Crippen LogP contribution in [0.15, 0.2) is 65.7 Å². The average Bonchev–Trinajstić information content (AvgIpc) is 3.52. The number of carbonyl (C=O) groups excluding carboxylic acids is 3. The number of fused-ring (bicyclic) bond motifs is 2. The van der Waals surface area contributed by atoms with Gasteiger partial charge in [0.2, 0.25) is 0 Å². The summed E-state index contributed by atoms with van der Waals surface area (Å²) in [5, 5.41) is 2.62. The summed E-state index contributed by atoms with van der Waals surface area (Å²) in [6.45, 7) is 0. The van der Waals surface area contributed by atoms with Crippen molar-refractivity contribution in [3.63, 3.8) is 0 Å². The van der Waals surface area contributed by atoms with Crippen LogP contribution in [0, 0.1) is 11.6 Å². The largest absolute Gasteiger partial charge is 0.399 e. The fourth-order valence-corrected chi connectivity index (χ4v) is 5.08. The molecule has 12 heteroatoms. The molecular weight excluding hydrogens is 641 g/mol. The minimum Gasteiger partial charge on any atom is -0.399 e. The molecule has 2 aliphatic rings. The Labute approximate surface area is 252 Å². The Hall–Kier alpha value is -3.73. The number of amides is 1. The van der Waals surface area contributed by atoms with Crippen molar-refractivity contribution in [2.45, 2.75) is 25.7 Å². The van der Waals surface area contributed by atoms with E-state index < -0.39 is 17.5 Å². The Morgan fingerprint density at radius 3 is 1.95 bits per heavy atom. The number of benzene rings is 2. The molecule has 4 aromatic rings. The number of nitrogens with two attached hydrogens (primary N) is 1. The topological polar surface area (TPSA) is 115 Å². The minimum absolute atomic E-state index is 0.00280. The van der Waals surface area contributed by atoms with Gasteiger partial charge in [-0.05, 0) is 76.3 Å². The second-order valence-corrected chi connectivity index (χ2v) is 10.6. The molecule has 0 unspecified atom stereocenters. The zero-order valence-corrected chi connectivity index (χ0v) is 24.3. The first kappa shape index (κ1) is 30.2. The first-order valence-corrected chi connectivity index (χ1v) is 13.7. The van der Waals surface area contributed by atoms with Gasteiger partial charge in [0.1, 0.15) is 11.6 Å². The molecule has 6 rings (SSSR count). The molecule has 0 spiro atoms. The standard InChI is InChI=1S/C15H10ClFN2O2.C8H6BrNO.C6H5ClFN/c16-12-5-8(1-3-13(12)17)19-15(21)11-7-18-6-10-9(11)2-4-14(10)20;9-7-4-10-3-6-5(7)1-2-8(6)11;7-5-3-4(9)1-2-6(5)8/h1,3,5-7H,2,4H2,(H,19,21);3-4H,1-2H2;1-3H,9H2. The summed E-state index contributed by atoms with van der Waals surface area (Å²) in [6.07, 6.45) is 8.71. The maximum absolute atomic E-state index is 13.1. The van der Waals surface area contributed by atoms with Crippen LogP contribution in [0.4, 0.5) is 20.2 Å². The van der Waals surface area contributed by atoms with Crippen LogP contribution in [0.5, 0.6) is 0 Å². The van der Waals surface area contributed by atoms with Crippen LogP contribution in [0.1, 0.15) is 55.0 Å². The highest BCUT2D eigenvalue weighted by Gasteiger charge is 2.25. The molecule has 0 aliphatic heterocycles. The van der Waals surface area contributed by atoms with Gasteiger partial charge in [0.25, 0.3) is 5.91 Å². The maximum Gasteiger partial charge on any atom is 0.257 e. The highest BCUT2D eigenvalue weighted by Crippen LogP contribution is 2.28. The summed E-state index contributed by atoms with van der Waals surface area (Å²) in [5.41, 5.74) is 9.61.